The molecule has 6 heteroatoms. The number of ether oxygens (including phenoxy) is 2. The molecule has 6 nitrogen and oxygen atoms in total. The van der Waals surface area contributed by atoms with E-state index in [1.54, 1.807) is 6.92 Å². The average molecular weight is 218 g/mol. The van der Waals surface area contributed by atoms with Crippen molar-refractivity contribution in [3.05, 3.63) is 0 Å². The summed E-state index contributed by atoms with van der Waals surface area (Å²) in [6.45, 7) is 1.74. The Bertz CT molecular complexity index is 235. The summed E-state index contributed by atoms with van der Waals surface area (Å²) in [7, 11) is 0. The SMILES string of the molecule is CCOC(=O)OC(=O)CCCCC(=O)O. The van der Waals surface area contributed by atoms with Gasteiger partial charge in [0.25, 0.3) is 0 Å². The minimum absolute atomic E-state index is 0.00663. The molecule has 0 heterocycles. The molecule has 0 bridgehead atoms. The van der Waals surface area contributed by atoms with Gasteiger partial charge in [-0.1, -0.05) is 0 Å². The van der Waals surface area contributed by atoms with E-state index in [-0.39, 0.29) is 19.4 Å². The van der Waals surface area contributed by atoms with Gasteiger partial charge in [-0.3, -0.25) is 9.59 Å². The summed E-state index contributed by atoms with van der Waals surface area (Å²) >= 11 is 0. The number of carboxylic acid groups (broad SMARTS) is 1. The first-order valence-electron chi connectivity index (χ1n) is 4.65. The zero-order valence-corrected chi connectivity index (χ0v) is 8.52. The van der Waals surface area contributed by atoms with Gasteiger partial charge < -0.3 is 14.6 Å². The van der Waals surface area contributed by atoms with E-state index in [2.05, 4.69) is 9.47 Å². The number of carbonyl (C=O) groups excluding carboxylic acids is 2. The van der Waals surface area contributed by atoms with Crippen LogP contribution in [0, 0.1) is 0 Å². The minimum atomic E-state index is -1.01. The van der Waals surface area contributed by atoms with Gasteiger partial charge in [0.1, 0.15) is 0 Å². The summed E-state index contributed by atoms with van der Waals surface area (Å²) in [4.78, 5) is 31.7. The molecule has 0 amide bonds. The number of unbranched alkanes of at least 4 members (excludes halogenated alkanes) is 1. The monoisotopic (exact) mass is 218 g/mol. The number of hydrogen-bond donors (Lipinski definition) is 1. The predicted molar refractivity (Wildman–Crippen MR) is 49.2 cm³/mol. The molecule has 0 aliphatic rings. The first-order valence-corrected chi connectivity index (χ1v) is 4.65. The van der Waals surface area contributed by atoms with Gasteiger partial charge in [0.05, 0.1) is 6.61 Å². The molecule has 0 saturated carbocycles. The normalized spacial score (nSPS) is 9.40. The number of carboxylic acids is 1. The van der Waals surface area contributed by atoms with Crippen LogP contribution in [0.3, 0.4) is 0 Å². The lowest BCUT2D eigenvalue weighted by Gasteiger charge is -2.01. The standard InChI is InChI=1S/C9H14O6/c1-2-14-9(13)15-8(12)6-4-3-5-7(10)11/h2-6H2,1H3,(H,10,11). The van der Waals surface area contributed by atoms with Crippen molar-refractivity contribution >= 4 is 18.1 Å². The molecule has 0 aliphatic carbocycles. The van der Waals surface area contributed by atoms with Crippen molar-refractivity contribution in [3.63, 3.8) is 0 Å². The van der Waals surface area contributed by atoms with Crippen LogP contribution in [0.2, 0.25) is 0 Å². The molecule has 1 N–H and O–H groups in total. The van der Waals surface area contributed by atoms with Crippen molar-refractivity contribution in [2.75, 3.05) is 6.61 Å². The molecule has 0 aromatic rings. The third kappa shape index (κ3) is 8.73. The Kier molecular flexibility index (Phi) is 6.96. The molecule has 0 saturated heterocycles. The van der Waals surface area contributed by atoms with E-state index in [9.17, 15) is 14.4 Å². The Balaban J connectivity index is 3.49. The van der Waals surface area contributed by atoms with E-state index in [4.69, 9.17) is 5.11 Å². The Morgan fingerprint density at radius 3 is 2.27 bits per heavy atom. The van der Waals surface area contributed by atoms with Gasteiger partial charge in [0.2, 0.25) is 0 Å². The van der Waals surface area contributed by atoms with Crippen molar-refractivity contribution < 1.29 is 29.0 Å². The summed E-state index contributed by atoms with van der Waals surface area (Å²) in [5, 5.41) is 8.30. The second-order valence-electron chi connectivity index (χ2n) is 2.76. The van der Waals surface area contributed by atoms with Gasteiger partial charge in [0.15, 0.2) is 0 Å². The van der Waals surface area contributed by atoms with Crippen LogP contribution in [0.25, 0.3) is 0 Å². The first kappa shape index (κ1) is 13.4. The number of carbonyl (C=O) groups is 3. The number of rotatable bonds is 6. The second-order valence-corrected chi connectivity index (χ2v) is 2.76. The Hall–Kier alpha value is -1.59. The Labute approximate surface area is 87.2 Å². The highest BCUT2D eigenvalue weighted by Crippen LogP contribution is 2.02. The summed E-state index contributed by atoms with van der Waals surface area (Å²) in [5.41, 5.74) is 0. The molecule has 0 aromatic carbocycles. The van der Waals surface area contributed by atoms with Gasteiger partial charge in [-0.05, 0) is 19.8 Å². The molecule has 0 unspecified atom stereocenters. The third-order valence-corrected chi connectivity index (χ3v) is 1.48. The molecule has 0 rings (SSSR count). The minimum Gasteiger partial charge on any atom is -0.481 e. The quantitative estimate of drug-likeness (QED) is 0.411. The largest absolute Gasteiger partial charge is 0.516 e. The van der Waals surface area contributed by atoms with Crippen molar-refractivity contribution in [1.29, 1.82) is 0 Å². The van der Waals surface area contributed by atoms with Crippen LogP contribution in [0.1, 0.15) is 32.6 Å². The molecule has 86 valence electrons. The van der Waals surface area contributed by atoms with Crippen molar-refractivity contribution in [2.45, 2.75) is 32.6 Å². The highest BCUT2D eigenvalue weighted by Gasteiger charge is 2.10. The van der Waals surface area contributed by atoms with Gasteiger partial charge >= 0.3 is 18.1 Å². The Morgan fingerprint density at radius 1 is 1.13 bits per heavy atom. The molecule has 0 spiro atoms. The lowest BCUT2D eigenvalue weighted by molar-refractivity contribution is -0.141. The average Bonchev–Trinajstić information content (AvgIpc) is 2.12. The molecule has 0 radical (unpaired) electrons. The third-order valence-electron chi connectivity index (χ3n) is 1.48. The molecular weight excluding hydrogens is 204 g/mol. The van der Waals surface area contributed by atoms with Crippen LogP contribution in [0.15, 0.2) is 0 Å². The smallest absolute Gasteiger partial charge is 0.481 e. The van der Waals surface area contributed by atoms with E-state index in [1.807, 2.05) is 0 Å². The van der Waals surface area contributed by atoms with Crippen LogP contribution >= 0.6 is 0 Å². The molecule has 0 fully saturated rings. The van der Waals surface area contributed by atoms with Crippen LogP contribution < -0.4 is 0 Å². The van der Waals surface area contributed by atoms with E-state index in [0.29, 0.717) is 12.8 Å². The van der Waals surface area contributed by atoms with Gasteiger partial charge in [-0.25, -0.2) is 4.79 Å². The maximum absolute atomic E-state index is 10.9. The zero-order valence-electron chi connectivity index (χ0n) is 8.52. The van der Waals surface area contributed by atoms with E-state index in [0.717, 1.165) is 0 Å². The van der Waals surface area contributed by atoms with Crippen molar-refractivity contribution in [1.82, 2.24) is 0 Å². The summed E-state index contributed by atoms with van der Waals surface area (Å²) in [5.74, 6) is -1.60. The van der Waals surface area contributed by atoms with Crippen molar-refractivity contribution in [3.8, 4) is 0 Å². The van der Waals surface area contributed by atoms with Crippen LogP contribution in [0.4, 0.5) is 4.79 Å². The van der Waals surface area contributed by atoms with Gasteiger partial charge in [-0.2, -0.15) is 0 Å². The summed E-state index contributed by atoms with van der Waals surface area (Å²) < 4.78 is 8.63. The highest BCUT2D eigenvalue weighted by atomic mass is 16.7. The highest BCUT2D eigenvalue weighted by molar-refractivity contribution is 5.81. The molecule has 0 atom stereocenters. The molecule has 0 aliphatic heterocycles. The Morgan fingerprint density at radius 2 is 1.73 bits per heavy atom. The molecule has 15 heavy (non-hydrogen) atoms. The van der Waals surface area contributed by atoms with E-state index >= 15 is 0 Å². The van der Waals surface area contributed by atoms with Crippen LogP contribution in [-0.2, 0) is 19.1 Å². The van der Waals surface area contributed by atoms with E-state index < -0.39 is 18.1 Å². The van der Waals surface area contributed by atoms with Crippen LogP contribution in [0.5, 0.6) is 0 Å². The number of aliphatic carboxylic acids is 1. The lowest BCUT2D eigenvalue weighted by Crippen LogP contribution is -2.13. The van der Waals surface area contributed by atoms with Gasteiger partial charge in [0, 0.05) is 12.8 Å². The molecular formula is C9H14O6. The van der Waals surface area contributed by atoms with Gasteiger partial charge in [-0.15, -0.1) is 0 Å². The zero-order chi connectivity index (χ0) is 11.7. The fourth-order valence-corrected chi connectivity index (χ4v) is 0.837. The summed E-state index contributed by atoms with van der Waals surface area (Å²) in [6, 6.07) is 0. The van der Waals surface area contributed by atoms with Crippen molar-refractivity contribution in [2.24, 2.45) is 0 Å². The fraction of sp³-hybridized carbons (Fsp3) is 0.667. The van der Waals surface area contributed by atoms with Crippen LogP contribution in [-0.4, -0.2) is 29.8 Å². The molecule has 0 aromatic heterocycles. The number of hydrogen-bond acceptors (Lipinski definition) is 5. The maximum Gasteiger partial charge on any atom is 0.516 e. The maximum atomic E-state index is 10.9. The topological polar surface area (TPSA) is 89.9 Å². The second kappa shape index (κ2) is 7.78. The summed E-state index contributed by atoms with van der Waals surface area (Å²) in [6.07, 6.45) is -0.225. The fourth-order valence-electron chi connectivity index (χ4n) is 0.837. The predicted octanol–water partition coefficient (Wildman–Crippen LogP) is 1.33. The number of esters is 1. The van der Waals surface area contributed by atoms with E-state index in [1.165, 1.54) is 0 Å². The first-order chi connectivity index (χ1) is 7.06. The lowest BCUT2D eigenvalue weighted by atomic mass is 10.2.